The molecule has 3 aromatic rings. The number of nitrogens with one attached hydrogen (secondary N) is 3. The zero-order valence-corrected chi connectivity index (χ0v) is 19.0. The number of amides is 1. The molecule has 0 fully saturated rings. The summed E-state index contributed by atoms with van der Waals surface area (Å²) in [6.07, 6.45) is 1.43. The number of hydrazone groups is 1. The van der Waals surface area contributed by atoms with E-state index >= 15 is 0 Å². The molecule has 0 aliphatic heterocycles. The Labute approximate surface area is 195 Å². The molecule has 0 aliphatic rings. The number of ether oxygens (including phenoxy) is 1. The lowest BCUT2D eigenvalue weighted by Crippen LogP contribution is -2.13. The fourth-order valence-corrected chi connectivity index (χ4v) is 3.91. The summed E-state index contributed by atoms with van der Waals surface area (Å²) in [5, 5.41) is 18.2. The minimum Gasteiger partial charge on any atom is -0.497 e. The normalized spacial score (nSPS) is 11.1. The number of rotatable bonds is 9. The van der Waals surface area contributed by atoms with Gasteiger partial charge in [0.1, 0.15) is 11.4 Å². The molecular weight excluding hydrogens is 462 g/mol. The number of benzene rings is 3. The van der Waals surface area contributed by atoms with Crippen molar-refractivity contribution in [3.8, 4) is 5.75 Å². The molecule has 0 saturated heterocycles. The Balaban J connectivity index is 1.76. The minimum absolute atomic E-state index is 0.0134. The van der Waals surface area contributed by atoms with Crippen LogP contribution in [0.5, 0.6) is 5.75 Å². The van der Waals surface area contributed by atoms with Crippen molar-refractivity contribution in [2.24, 2.45) is 5.10 Å². The van der Waals surface area contributed by atoms with E-state index in [0.717, 1.165) is 6.07 Å². The van der Waals surface area contributed by atoms with Crippen LogP contribution in [0.4, 0.5) is 22.7 Å². The van der Waals surface area contributed by atoms with Crippen molar-refractivity contribution in [2.45, 2.75) is 11.8 Å². The predicted octanol–water partition coefficient (Wildman–Crippen LogP) is 3.81. The van der Waals surface area contributed by atoms with Gasteiger partial charge in [0.2, 0.25) is 5.91 Å². The van der Waals surface area contributed by atoms with Crippen LogP contribution in [0, 0.1) is 10.1 Å². The van der Waals surface area contributed by atoms with E-state index in [4.69, 9.17) is 4.74 Å². The van der Waals surface area contributed by atoms with Gasteiger partial charge >= 0.3 is 0 Å². The molecular formula is C22H21N5O6S. The summed E-state index contributed by atoms with van der Waals surface area (Å²) in [5.41, 5.74) is 3.68. The van der Waals surface area contributed by atoms with Gasteiger partial charge in [0.25, 0.3) is 15.7 Å². The van der Waals surface area contributed by atoms with E-state index in [1.54, 1.807) is 36.4 Å². The number of nitro benzene ring substituents is 1. The SMILES string of the molecule is COc1ccc(NS(=O)(=O)c2ccc(N/N=C/c3ccc(NC(C)=O)cc3)c([N+](=O)[O-])c2)cc1. The summed E-state index contributed by atoms with van der Waals surface area (Å²) in [4.78, 5) is 21.6. The summed E-state index contributed by atoms with van der Waals surface area (Å²) in [6, 6.07) is 16.4. The molecule has 0 atom stereocenters. The Morgan fingerprint density at radius 3 is 2.26 bits per heavy atom. The minimum atomic E-state index is -4.07. The molecule has 11 nitrogen and oxygen atoms in total. The van der Waals surface area contributed by atoms with E-state index in [-0.39, 0.29) is 22.2 Å². The highest BCUT2D eigenvalue weighted by molar-refractivity contribution is 7.92. The van der Waals surface area contributed by atoms with Gasteiger partial charge in [-0.25, -0.2) is 8.42 Å². The van der Waals surface area contributed by atoms with Crippen LogP contribution in [0.3, 0.4) is 0 Å². The third-order valence-corrected chi connectivity index (χ3v) is 5.83. The van der Waals surface area contributed by atoms with E-state index in [0.29, 0.717) is 17.0 Å². The summed E-state index contributed by atoms with van der Waals surface area (Å²) < 4.78 is 32.8. The number of hydrogen-bond donors (Lipinski definition) is 3. The van der Waals surface area contributed by atoms with Crippen molar-refractivity contribution < 1.29 is 22.9 Å². The molecule has 0 spiro atoms. The van der Waals surface area contributed by atoms with Gasteiger partial charge < -0.3 is 10.1 Å². The Bertz CT molecular complexity index is 1320. The smallest absolute Gasteiger partial charge is 0.295 e. The zero-order valence-electron chi connectivity index (χ0n) is 18.2. The first kappa shape index (κ1) is 24.2. The molecule has 176 valence electrons. The third-order valence-electron chi connectivity index (χ3n) is 4.45. The fraction of sp³-hybridized carbons (Fsp3) is 0.0909. The van der Waals surface area contributed by atoms with Crippen molar-refractivity contribution in [1.82, 2.24) is 0 Å². The Morgan fingerprint density at radius 1 is 1.03 bits per heavy atom. The molecule has 12 heteroatoms. The summed E-state index contributed by atoms with van der Waals surface area (Å²) in [5.74, 6) is 0.360. The van der Waals surface area contributed by atoms with E-state index in [1.807, 2.05) is 0 Å². The van der Waals surface area contributed by atoms with Gasteiger partial charge in [-0.2, -0.15) is 5.10 Å². The first-order valence-corrected chi connectivity index (χ1v) is 11.3. The zero-order chi connectivity index (χ0) is 24.7. The Hall–Kier alpha value is -4.45. The molecule has 3 aromatic carbocycles. The summed E-state index contributed by atoms with van der Waals surface area (Å²) >= 11 is 0. The number of anilines is 3. The number of carbonyl (C=O) groups is 1. The lowest BCUT2D eigenvalue weighted by Gasteiger charge is -2.10. The molecule has 0 aromatic heterocycles. The number of nitrogens with zero attached hydrogens (tertiary/aromatic N) is 2. The van der Waals surface area contributed by atoms with Crippen molar-refractivity contribution in [1.29, 1.82) is 0 Å². The summed E-state index contributed by atoms with van der Waals surface area (Å²) in [6.45, 7) is 1.40. The lowest BCUT2D eigenvalue weighted by atomic mass is 10.2. The molecule has 3 N–H and O–H groups in total. The number of sulfonamides is 1. The largest absolute Gasteiger partial charge is 0.497 e. The topological polar surface area (TPSA) is 152 Å². The average Bonchev–Trinajstić information content (AvgIpc) is 2.80. The number of hydrogen-bond acceptors (Lipinski definition) is 8. The second kappa shape index (κ2) is 10.4. The third kappa shape index (κ3) is 6.29. The van der Waals surface area contributed by atoms with Crippen LogP contribution in [-0.2, 0) is 14.8 Å². The molecule has 0 bridgehead atoms. The van der Waals surface area contributed by atoms with Gasteiger partial charge in [0.15, 0.2) is 0 Å². The van der Waals surface area contributed by atoms with Crippen molar-refractivity contribution in [3.63, 3.8) is 0 Å². The van der Waals surface area contributed by atoms with E-state index in [2.05, 4.69) is 20.6 Å². The molecule has 0 radical (unpaired) electrons. The molecule has 1 amide bonds. The molecule has 0 heterocycles. The highest BCUT2D eigenvalue weighted by Crippen LogP contribution is 2.29. The van der Waals surface area contributed by atoms with Gasteiger partial charge in [0, 0.05) is 24.4 Å². The van der Waals surface area contributed by atoms with Crippen molar-refractivity contribution >= 4 is 44.9 Å². The van der Waals surface area contributed by atoms with Crippen LogP contribution in [0.25, 0.3) is 0 Å². The van der Waals surface area contributed by atoms with Crippen LogP contribution in [0.1, 0.15) is 12.5 Å². The monoisotopic (exact) mass is 483 g/mol. The Kier molecular flexibility index (Phi) is 7.43. The maximum absolute atomic E-state index is 12.7. The fourth-order valence-electron chi connectivity index (χ4n) is 2.83. The Morgan fingerprint density at radius 2 is 1.68 bits per heavy atom. The van der Waals surface area contributed by atoms with Crippen LogP contribution in [-0.4, -0.2) is 32.6 Å². The predicted molar refractivity (Wildman–Crippen MR) is 129 cm³/mol. The van der Waals surface area contributed by atoms with Gasteiger partial charge in [-0.1, -0.05) is 12.1 Å². The van der Waals surface area contributed by atoms with Gasteiger partial charge in [0.05, 0.1) is 23.1 Å². The lowest BCUT2D eigenvalue weighted by molar-refractivity contribution is -0.384. The maximum Gasteiger partial charge on any atom is 0.295 e. The van der Waals surface area contributed by atoms with Crippen LogP contribution in [0.2, 0.25) is 0 Å². The second-order valence-electron chi connectivity index (χ2n) is 6.94. The number of methoxy groups -OCH3 is 1. The van der Waals surface area contributed by atoms with Gasteiger partial charge in [-0.05, 0) is 54.1 Å². The number of nitro groups is 1. The molecule has 34 heavy (non-hydrogen) atoms. The molecule has 0 unspecified atom stereocenters. The van der Waals surface area contributed by atoms with E-state index < -0.39 is 20.6 Å². The highest BCUT2D eigenvalue weighted by atomic mass is 32.2. The molecule has 0 aliphatic carbocycles. The van der Waals surface area contributed by atoms with Crippen LogP contribution >= 0.6 is 0 Å². The number of carbonyl (C=O) groups excluding carboxylic acids is 1. The second-order valence-corrected chi connectivity index (χ2v) is 8.63. The molecule has 3 rings (SSSR count). The van der Waals surface area contributed by atoms with Gasteiger partial charge in [-0.3, -0.25) is 25.1 Å². The van der Waals surface area contributed by atoms with Crippen molar-refractivity contribution in [2.75, 3.05) is 22.6 Å². The van der Waals surface area contributed by atoms with E-state index in [9.17, 15) is 23.3 Å². The quantitative estimate of drug-likeness (QED) is 0.238. The van der Waals surface area contributed by atoms with Crippen molar-refractivity contribution in [3.05, 3.63) is 82.4 Å². The van der Waals surface area contributed by atoms with Gasteiger partial charge in [-0.15, -0.1) is 0 Å². The first-order chi connectivity index (χ1) is 16.2. The molecule has 0 saturated carbocycles. The average molecular weight is 484 g/mol. The first-order valence-electron chi connectivity index (χ1n) is 9.80. The van der Waals surface area contributed by atoms with Crippen LogP contribution < -0.4 is 20.2 Å². The summed E-state index contributed by atoms with van der Waals surface area (Å²) in [7, 11) is -2.59. The van der Waals surface area contributed by atoms with E-state index in [1.165, 1.54) is 44.5 Å². The van der Waals surface area contributed by atoms with Crippen LogP contribution in [0.15, 0.2) is 76.7 Å². The standard InChI is InChI=1S/C22H21N5O6S/c1-15(28)24-17-5-3-16(4-6-17)14-23-25-21-12-11-20(13-22(21)27(29)30)34(31,32)26-18-7-9-19(33-2)10-8-18/h3-14,25-26H,1-2H3,(H,24,28)/b23-14+. The maximum atomic E-state index is 12.7. The highest BCUT2D eigenvalue weighted by Gasteiger charge is 2.21.